The second kappa shape index (κ2) is 10.8. The number of carbonyl (C=O) groups is 2. The Labute approximate surface area is 233 Å². The van der Waals surface area contributed by atoms with Gasteiger partial charge in [0.1, 0.15) is 4.90 Å². The fourth-order valence-corrected chi connectivity index (χ4v) is 6.12. The Morgan fingerprint density at radius 1 is 0.950 bits per heavy atom. The van der Waals surface area contributed by atoms with Gasteiger partial charge in [-0.05, 0) is 52.6 Å². The molecule has 0 saturated carbocycles. The van der Waals surface area contributed by atoms with Crippen molar-refractivity contribution in [1.82, 2.24) is 4.90 Å². The van der Waals surface area contributed by atoms with E-state index in [1.807, 2.05) is 6.07 Å². The first-order valence-corrected chi connectivity index (χ1v) is 14.0. The van der Waals surface area contributed by atoms with Gasteiger partial charge in [-0.25, -0.2) is 0 Å². The molecule has 0 spiro atoms. The number of imide groups is 1. The van der Waals surface area contributed by atoms with Gasteiger partial charge in [-0.2, -0.15) is 8.42 Å². The quantitative estimate of drug-likeness (QED) is 0.111. The summed E-state index contributed by atoms with van der Waals surface area (Å²) in [5.41, 5.74) is 0.946. The third-order valence-electron chi connectivity index (χ3n) is 6.07. The van der Waals surface area contributed by atoms with Crippen LogP contribution >= 0.6 is 11.8 Å². The Hall–Kier alpha value is -4.68. The van der Waals surface area contributed by atoms with Crippen LogP contribution in [0.3, 0.4) is 0 Å². The van der Waals surface area contributed by atoms with Crippen molar-refractivity contribution in [3.8, 4) is 11.5 Å². The number of thioether (sulfide) groups is 1. The van der Waals surface area contributed by atoms with E-state index in [0.29, 0.717) is 16.5 Å². The number of fused-ring (bicyclic) bond motifs is 1. The van der Waals surface area contributed by atoms with Gasteiger partial charge in [-0.3, -0.25) is 24.6 Å². The molecule has 0 radical (unpaired) electrons. The second-order valence-corrected chi connectivity index (χ2v) is 11.1. The number of ether oxygens (including phenoxy) is 1. The van der Waals surface area contributed by atoms with Crippen LogP contribution in [0.15, 0.2) is 94.7 Å². The SMILES string of the molecule is COc1cc(/C=C2\SC(=O)N(Cc3ccc([N+](=O)[O-])cc3)C2=O)ccc1OS(=O)(=O)c1cccc2ccccc12. The van der Waals surface area contributed by atoms with E-state index < -0.39 is 26.2 Å². The van der Waals surface area contributed by atoms with E-state index in [4.69, 9.17) is 8.92 Å². The van der Waals surface area contributed by atoms with Crippen molar-refractivity contribution in [2.75, 3.05) is 7.11 Å². The lowest BCUT2D eigenvalue weighted by molar-refractivity contribution is -0.384. The van der Waals surface area contributed by atoms with Crippen molar-refractivity contribution < 1.29 is 31.9 Å². The lowest BCUT2D eigenvalue weighted by Crippen LogP contribution is -2.27. The smallest absolute Gasteiger partial charge is 0.339 e. The molecule has 4 aromatic carbocycles. The Balaban J connectivity index is 1.36. The number of nitro groups is 1. The summed E-state index contributed by atoms with van der Waals surface area (Å²) in [5.74, 6) is -0.451. The summed E-state index contributed by atoms with van der Waals surface area (Å²) in [6, 6.07) is 22.0. The molecule has 1 saturated heterocycles. The number of amides is 2. The maximum Gasteiger partial charge on any atom is 0.339 e. The molecule has 0 unspecified atom stereocenters. The molecule has 1 aliphatic rings. The summed E-state index contributed by atoms with van der Waals surface area (Å²) in [6.45, 7) is -0.0396. The first kappa shape index (κ1) is 26.9. The first-order valence-electron chi connectivity index (χ1n) is 11.8. The van der Waals surface area contributed by atoms with E-state index in [1.54, 1.807) is 36.4 Å². The molecule has 10 nitrogen and oxygen atoms in total. The van der Waals surface area contributed by atoms with Gasteiger partial charge in [0, 0.05) is 17.5 Å². The van der Waals surface area contributed by atoms with E-state index in [2.05, 4.69) is 0 Å². The predicted octanol–water partition coefficient (Wildman–Crippen LogP) is 5.76. The third-order valence-corrected chi connectivity index (χ3v) is 8.27. The highest BCUT2D eigenvalue weighted by Gasteiger charge is 2.35. The van der Waals surface area contributed by atoms with Gasteiger partial charge in [-0.1, -0.05) is 54.6 Å². The summed E-state index contributed by atoms with van der Waals surface area (Å²) in [6.07, 6.45) is 1.49. The molecule has 0 aliphatic carbocycles. The van der Waals surface area contributed by atoms with E-state index in [0.717, 1.165) is 22.0 Å². The average molecular weight is 577 g/mol. The van der Waals surface area contributed by atoms with Crippen molar-refractivity contribution in [2.45, 2.75) is 11.4 Å². The minimum absolute atomic E-state index is 0.0124. The molecule has 12 heteroatoms. The van der Waals surface area contributed by atoms with Crippen molar-refractivity contribution in [3.05, 3.63) is 111 Å². The predicted molar refractivity (Wildman–Crippen MR) is 149 cm³/mol. The standard InChI is InChI=1S/C28H20N2O8S2/c1-37-24-15-19(11-14-23(24)38-40(35,36)26-8-4-6-20-5-2-3-7-22(20)26)16-25-27(31)29(28(32)39-25)17-18-9-12-21(13-10-18)30(33)34/h2-16H,17H2,1H3/b25-16-. The van der Waals surface area contributed by atoms with Gasteiger partial charge in [-0.15, -0.1) is 0 Å². The number of nitro benzene ring substituents is 1. The zero-order valence-electron chi connectivity index (χ0n) is 20.8. The monoisotopic (exact) mass is 576 g/mol. The number of hydrogen-bond donors (Lipinski definition) is 0. The molecular weight excluding hydrogens is 556 g/mol. The van der Waals surface area contributed by atoms with E-state index in [1.165, 1.54) is 55.7 Å². The van der Waals surface area contributed by atoms with Crippen LogP contribution in [-0.2, 0) is 21.5 Å². The van der Waals surface area contributed by atoms with Crippen molar-refractivity contribution >= 4 is 55.6 Å². The molecule has 4 aromatic rings. The summed E-state index contributed by atoms with van der Waals surface area (Å²) in [5, 5.41) is 11.6. The number of nitrogens with zero attached hydrogens (tertiary/aromatic N) is 2. The molecule has 0 bridgehead atoms. The van der Waals surface area contributed by atoms with Crippen molar-refractivity contribution in [2.24, 2.45) is 0 Å². The van der Waals surface area contributed by atoms with Crippen LogP contribution in [0.25, 0.3) is 16.8 Å². The number of methoxy groups -OCH3 is 1. The van der Waals surface area contributed by atoms with Crippen LogP contribution in [-0.4, -0.2) is 36.5 Å². The van der Waals surface area contributed by atoms with E-state index >= 15 is 0 Å². The molecule has 1 heterocycles. The number of hydrogen-bond acceptors (Lipinski definition) is 9. The zero-order valence-corrected chi connectivity index (χ0v) is 22.5. The highest BCUT2D eigenvalue weighted by molar-refractivity contribution is 8.18. The van der Waals surface area contributed by atoms with Crippen molar-refractivity contribution in [3.63, 3.8) is 0 Å². The first-order chi connectivity index (χ1) is 19.2. The third kappa shape index (κ3) is 5.40. The summed E-state index contributed by atoms with van der Waals surface area (Å²) in [4.78, 5) is 37.0. The Bertz CT molecular complexity index is 1800. The molecule has 5 rings (SSSR count). The Morgan fingerprint density at radius 2 is 1.68 bits per heavy atom. The topological polar surface area (TPSA) is 133 Å². The highest BCUT2D eigenvalue weighted by atomic mass is 32.2. The average Bonchev–Trinajstić information content (AvgIpc) is 3.20. The van der Waals surface area contributed by atoms with E-state index in [-0.39, 0.29) is 33.5 Å². The fraction of sp³-hybridized carbons (Fsp3) is 0.0714. The fourth-order valence-electron chi connectivity index (χ4n) is 4.11. The number of non-ortho nitro benzene ring substituents is 1. The molecule has 202 valence electrons. The molecule has 0 aromatic heterocycles. The maximum absolute atomic E-state index is 13.2. The van der Waals surface area contributed by atoms with Crippen LogP contribution in [0.1, 0.15) is 11.1 Å². The lowest BCUT2D eigenvalue weighted by Gasteiger charge is -2.13. The normalized spacial score (nSPS) is 14.6. The Morgan fingerprint density at radius 3 is 2.40 bits per heavy atom. The molecular formula is C28H20N2O8S2. The van der Waals surface area contributed by atoms with Crippen LogP contribution in [0, 0.1) is 10.1 Å². The summed E-state index contributed by atoms with van der Waals surface area (Å²) >= 11 is 0.752. The van der Waals surface area contributed by atoms with Gasteiger partial charge < -0.3 is 8.92 Å². The van der Waals surface area contributed by atoms with Crippen LogP contribution in [0.4, 0.5) is 10.5 Å². The maximum atomic E-state index is 13.2. The van der Waals surface area contributed by atoms with Gasteiger partial charge in [0.15, 0.2) is 11.5 Å². The molecule has 40 heavy (non-hydrogen) atoms. The lowest BCUT2D eigenvalue weighted by atomic mass is 10.1. The number of rotatable bonds is 8. The van der Waals surface area contributed by atoms with E-state index in [9.17, 15) is 28.1 Å². The molecule has 0 N–H and O–H groups in total. The zero-order chi connectivity index (χ0) is 28.4. The molecule has 1 fully saturated rings. The van der Waals surface area contributed by atoms with Gasteiger partial charge >= 0.3 is 10.1 Å². The largest absolute Gasteiger partial charge is 0.493 e. The summed E-state index contributed by atoms with van der Waals surface area (Å²) < 4.78 is 37.1. The highest BCUT2D eigenvalue weighted by Crippen LogP contribution is 2.36. The van der Waals surface area contributed by atoms with Gasteiger partial charge in [0.2, 0.25) is 0 Å². The van der Waals surface area contributed by atoms with Crippen LogP contribution in [0.2, 0.25) is 0 Å². The van der Waals surface area contributed by atoms with Crippen LogP contribution in [0.5, 0.6) is 11.5 Å². The molecule has 1 aliphatic heterocycles. The molecule has 0 atom stereocenters. The second-order valence-electron chi connectivity index (χ2n) is 8.62. The van der Waals surface area contributed by atoms with Crippen LogP contribution < -0.4 is 8.92 Å². The molecule has 2 amide bonds. The van der Waals surface area contributed by atoms with Crippen molar-refractivity contribution in [1.29, 1.82) is 0 Å². The van der Waals surface area contributed by atoms with Gasteiger partial charge in [0.25, 0.3) is 16.8 Å². The summed E-state index contributed by atoms with van der Waals surface area (Å²) in [7, 11) is -2.85. The minimum atomic E-state index is -4.21. The number of benzene rings is 4. The van der Waals surface area contributed by atoms with Gasteiger partial charge in [0.05, 0.1) is 23.5 Å². The Kier molecular flexibility index (Phi) is 7.28. The number of carbonyl (C=O) groups excluding carboxylic acids is 2. The minimum Gasteiger partial charge on any atom is -0.493 e.